The van der Waals surface area contributed by atoms with Crippen LogP contribution < -0.4 is 9.99 Å². The Hall–Kier alpha value is -2.08. The first kappa shape index (κ1) is 17.7. The molecule has 1 heterocycles. The van der Waals surface area contributed by atoms with Gasteiger partial charge >= 0.3 is 0 Å². The van der Waals surface area contributed by atoms with Crippen molar-refractivity contribution in [2.75, 3.05) is 32.8 Å². The van der Waals surface area contributed by atoms with Gasteiger partial charge in [0.25, 0.3) is 0 Å². The van der Waals surface area contributed by atoms with E-state index in [9.17, 15) is 10.4 Å². The molecule has 0 bridgehead atoms. The van der Waals surface area contributed by atoms with Crippen LogP contribution in [0, 0.1) is 0 Å². The number of benzene rings is 2. The maximum atomic E-state index is 11.1. The van der Waals surface area contributed by atoms with E-state index in [1.807, 2.05) is 4.52 Å². The lowest BCUT2D eigenvalue weighted by Gasteiger charge is -2.32. The molecular formula is C20H25NO4. The van der Waals surface area contributed by atoms with Crippen LogP contribution in [0.15, 0.2) is 48.5 Å². The van der Waals surface area contributed by atoms with Crippen molar-refractivity contribution >= 4 is 0 Å². The zero-order chi connectivity index (χ0) is 17.5. The average molecular weight is 343 g/mol. The van der Waals surface area contributed by atoms with Gasteiger partial charge in [-0.3, -0.25) is 4.90 Å². The summed E-state index contributed by atoms with van der Waals surface area (Å²) in [6.07, 6.45) is 2.15. The van der Waals surface area contributed by atoms with Crippen LogP contribution in [0.2, 0.25) is 0 Å². The summed E-state index contributed by atoms with van der Waals surface area (Å²) >= 11 is 0. The molecule has 5 nitrogen and oxygen atoms in total. The van der Waals surface area contributed by atoms with Gasteiger partial charge in [-0.15, -0.1) is 0 Å². The molecule has 3 rings (SSSR count). The Bertz CT molecular complexity index is 634. The lowest BCUT2D eigenvalue weighted by atomic mass is 10.1. The summed E-state index contributed by atoms with van der Waals surface area (Å²) in [5.74, 6) is 0.989. The Balaban J connectivity index is 1.39. The molecule has 1 fully saturated rings. The van der Waals surface area contributed by atoms with Crippen molar-refractivity contribution in [2.24, 2.45) is 0 Å². The number of aryl methyl sites for hydroxylation is 1. The van der Waals surface area contributed by atoms with Crippen LogP contribution in [0.4, 0.5) is 0 Å². The first-order valence-electron chi connectivity index (χ1n) is 8.76. The number of morpholine rings is 1. The Kier molecular flexibility index (Phi) is 6.28. The van der Waals surface area contributed by atoms with E-state index in [2.05, 4.69) is 29.2 Å². The number of rotatable bonds is 7. The van der Waals surface area contributed by atoms with Crippen LogP contribution in [-0.2, 0) is 17.5 Å². The zero-order valence-corrected chi connectivity index (χ0v) is 14.4. The second kappa shape index (κ2) is 8.85. The topological polar surface area (TPSA) is 58.5 Å². The monoisotopic (exact) mass is 343 g/mol. The number of aromatic hydroxyl groups is 1. The van der Waals surface area contributed by atoms with Gasteiger partial charge in [0.2, 0.25) is 0 Å². The second-order valence-electron chi connectivity index (χ2n) is 6.39. The molecule has 1 N–H and O–H groups in total. The van der Waals surface area contributed by atoms with Gasteiger partial charge in [0, 0.05) is 0 Å². The minimum atomic E-state index is 0.241. The zero-order valence-electron chi connectivity index (χ0n) is 14.4. The fourth-order valence-corrected chi connectivity index (χ4v) is 2.92. The van der Waals surface area contributed by atoms with Crippen molar-refractivity contribution in [1.29, 1.82) is 0 Å². The third kappa shape index (κ3) is 5.74. The summed E-state index contributed by atoms with van der Waals surface area (Å²) in [6, 6.07) is 15.3. The molecular weight excluding hydrogens is 318 g/mol. The summed E-state index contributed by atoms with van der Waals surface area (Å²) in [6.45, 7) is 4.36. The molecule has 0 radical (unpaired) electrons. The number of hydrogen-bond acceptors (Lipinski definition) is 4. The average Bonchev–Trinajstić information content (AvgIpc) is 2.64. The Labute approximate surface area is 148 Å². The van der Waals surface area contributed by atoms with E-state index in [1.54, 1.807) is 24.3 Å². The van der Waals surface area contributed by atoms with E-state index in [-0.39, 0.29) is 5.75 Å². The molecule has 2 aromatic rings. The minimum absolute atomic E-state index is 0.241. The van der Waals surface area contributed by atoms with Crippen LogP contribution in [-0.4, -0.2) is 42.9 Å². The van der Waals surface area contributed by atoms with Crippen molar-refractivity contribution < 1.29 is 19.6 Å². The van der Waals surface area contributed by atoms with Crippen molar-refractivity contribution in [3.63, 3.8) is 0 Å². The molecule has 0 atom stereocenters. The number of phenolic OH excluding ortho intramolecular Hbond substituents is 1. The smallest absolute Gasteiger partial charge is 0.164 e. The lowest BCUT2D eigenvalue weighted by molar-refractivity contribution is -0.797. The van der Waals surface area contributed by atoms with E-state index >= 15 is 0 Å². The van der Waals surface area contributed by atoms with Gasteiger partial charge in [0.1, 0.15) is 18.1 Å². The summed E-state index contributed by atoms with van der Waals surface area (Å²) in [7, 11) is 0. The third-order valence-electron chi connectivity index (χ3n) is 4.48. The second-order valence-corrected chi connectivity index (χ2v) is 6.39. The molecule has 0 amide bonds. The summed E-state index contributed by atoms with van der Waals surface area (Å²) in [5, 5.41) is 20.3. The van der Waals surface area contributed by atoms with Gasteiger partial charge in [0.05, 0.1) is 13.1 Å². The van der Waals surface area contributed by atoms with E-state index in [0.29, 0.717) is 19.8 Å². The highest BCUT2D eigenvalue weighted by atomic mass is 17.2. The van der Waals surface area contributed by atoms with Gasteiger partial charge in [-0.2, -0.15) is 0 Å². The molecule has 0 saturated carbocycles. The van der Waals surface area contributed by atoms with Gasteiger partial charge in [-0.1, -0.05) is 24.3 Å². The SMILES string of the molecule is [O-][O+]1CCN(CCCc2ccc(COc3ccc(O)cc3)cc2)CC1. The van der Waals surface area contributed by atoms with Gasteiger partial charge < -0.3 is 19.6 Å². The number of nitrogens with zero attached hydrogens (tertiary/aromatic N) is 1. The molecule has 0 aliphatic carbocycles. The number of ether oxygens (including phenoxy) is 1. The van der Waals surface area contributed by atoms with Crippen LogP contribution in [0.3, 0.4) is 0 Å². The summed E-state index contributed by atoms with van der Waals surface area (Å²) in [4.78, 5) is 2.35. The van der Waals surface area contributed by atoms with E-state index in [0.717, 1.165) is 43.8 Å². The standard InChI is InChI=1S/C20H25NO4/c22-19-7-9-20(10-8-19)24-16-18-5-3-17(4-6-18)2-1-11-21-12-14-25(23)15-13-21/h3-10,22H,1-2,11-16H2. The highest BCUT2D eigenvalue weighted by Gasteiger charge is 2.15. The van der Waals surface area contributed by atoms with Crippen molar-refractivity contribution in [1.82, 2.24) is 4.90 Å². The van der Waals surface area contributed by atoms with Crippen LogP contribution >= 0.6 is 0 Å². The summed E-state index contributed by atoms with van der Waals surface area (Å²) in [5.41, 5.74) is 2.45. The first-order chi connectivity index (χ1) is 12.2. The summed E-state index contributed by atoms with van der Waals surface area (Å²) < 4.78 is 7.60. The normalized spacial score (nSPS) is 16.0. The number of hydrogen-bond donors (Lipinski definition) is 1. The molecule has 1 saturated heterocycles. The van der Waals surface area contributed by atoms with E-state index < -0.39 is 0 Å². The molecule has 5 heteroatoms. The number of phenols is 1. The van der Waals surface area contributed by atoms with Crippen molar-refractivity contribution in [3.05, 3.63) is 59.7 Å². The molecule has 134 valence electrons. The molecule has 1 aliphatic heterocycles. The fourth-order valence-electron chi connectivity index (χ4n) is 2.92. The van der Waals surface area contributed by atoms with Crippen molar-refractivity contribution in [3.8, 4) is 11.5 Å². The Morgan fingerprint density at radius 2 is 1.60 bits per heavy atom. The van der Waals surface area contributed by atoms with Gasteiger partial charge in [-0.05, 0) is 54.8 Å². The lowest BCUT2D eigenvalue weighted by Crippen LogP contribution is -2.46. The highest BCUT2D eigenvalue weighted by molar-refractivity contribution is 5.30. The maximum Gasteiger partial charge on any atom is 0.164 e. The molecule has 25 heavy (non-hydrogen) atoms. The molecule has 0 spiro atoms. The van der Waals surface area contributed by atoms with Crippen LogP contribution in [0.5, 0.6) is 11.5 Å². The van der Waals surface area contributed by atoms with Crippen LogP contribution in [0.1, 0.15) is 17.5 Å². The Morgan fingerprint density at radius 1 is 0.960 bits per heavy atom. The Morgan fingerprint density at radius 3 is 2.28 bits per heavy atom. The molecule has 2 aromatic carbocycles. The first-order valence-corrected chi connectivity index (χ1v) is 8.76. The molecule has 1 aliphatic rings. The highest BCUT2D eigenvalue weighted by Crippen LogP contribution is 2.17. The van der Waals surface area contributed by atoms with Crippen LogP contribution in [0.25, 0.3) is 0 Å². The third-order valence-corrected chi connectivity index (χ3v) is 4.48. The van der Waals surface area contributed by atoms with Gasteiger partial charge in [-0.25, -0.2) is 0 Å². The largest absolute Gasteiger partial charge is 0.534 e. The quantitative estimate of drug-likeness (QED) is 0.617. The predicted molar refractivity (Wildman–Crippen MR) is 94.5 cm³/mol. The predicted octanol–water partition coefficient (Wildman–Crippen LogP) is 2.05. The minimum Gasteiger partial charge on any atom is -0.534 e. The van der Waals surface area contributed by atoms with E-state index in [4.69, 9.17) is 4.74 Å². The molecule has 0 aromatic heterocycles. The fraction of sp³-hybridized carbons (Fsp3) is 0.400. The van der Waals surface area contributed by atoms with Gasteiger partial charge in [0.15, 0.2) is 13.2 Å². The molecule has 0 unspecified atom stereocenters. The van der Waals surface area contributed by atoms with Crippen molar-refractivity contribution in [2.45, 2.75) is 19.4 Å². The maximum absolute atomic E-state index is 11.1. The van der Waals surface area contributed by atoms with E-state index in [1.165, 1.54) is 5.56 Å².